The number of methoxy groups -OCH3 is 1. The second-order valence-corrected chi connectivity index (χ2v) is 10.3. The Morgan fingerprint density at radius 2 is 1.85 bits per heavy atom. The lowest BCUT2D eigenvalue weighted by Gasteiger charge is -2.35. The SMILES string of the molecule is COc1ccccc1[C@@](N=S(=O)=O)(C(=O)N1CCC[C@H]1C(=O)NCc1ccc2c(N)nccc2c1)c1ccccc1. The maximum atomic E-state index is 14.5. The van der Waals surface area contributed by atoms with E-state index in [0.717, 1.165) is 16.3 Å². The van der Waals surface area contributed by atoms with Crippen molar-refractivity contribution in [3.05, 3.63) is 102 Å². The summed E-state index contributed by atoms with van der Waals surface area (Å²) < 4.78 is 34.0. The van der Waals surface area contributed by atoms with Crippen molar-refractivity contribution in [1.29, 1.82) is 0 Å². The molecule has 0 spiro atoms. The molecule has 4 aromatic rings. The molecule has 0 bridgehead atoms. The Bertz CT molecular complexity index is 1740. The number of likely N-dealkylation sites (tertiary alicyclic amines) is 1. The Morgan fingerprint density at radius 1 is 1.10 bits per heavy atom. The van der Waals surface area contributed by atoms with Gasteiger partial charge in [-0.1, -0.05) is 60.7 Å². The smallest absolute Gasteiger partial charge is 0.312 e. The van der Waals surface area contributed by atoms with E-state index < -0.39 is 28.0 Å². The Labute approximate surface area is 238 Å². The number of fused-ring (bicyclic) bond motifs is 1. The molecule has 1 aromatic heterocycles. The fourth-order valence-corrected chi connectivity index (χ4v) is 5.93. The standard InChI is InChI=1S/C30H29N5O5S/c1-40-26-12-6-5-10-24(26)30(34-41(38)39,22-8-3-2-4-9-22)29(37)35-17-7-11-25(35)28(36)33-19-20-13-14-23-21(18-20)15-16-32-27(23)31/h2-6,8-10,12-16,18,25H,7,11,17,19H2,1H3,(H2,31,32)(H,33,36)/t25-,30+/m0/s1. The summed E-state index contributed by atoms with van der Waals surface area (Å²) in [6, 6.07) is 21.8. The van der Waals surface area contributed by atoms with Gasteiger partial charge in [-0.2, -0.15) is 8.42 Å². The number of aromatic nitrogens is 1. The van der Waals surface area contributed by atoms with Crippen LogP contribution in [0.4, 0.5) is 5.82 Å². The van der Waals surface area contributed by atoms with Gasteiger partial charge >= 0.3 is 10.5 Å². The summed E-state index contributed by atoms with van der Waals surface area (Å²) in [6.45, 7) is 0.505. The third kappa shape index (κ3) is 5.36. The van der Waals surface area contributed by atoms with Crippen LogP contribution in [-0.2, 0) is 32.2 Å². The van der Waals surface area contributed by atoms with Gasteiger partial charge in [0.1, 0.15) is 17.6 Å². The Morgan fingerprint density at radius 3 is 2.61 bits per heavy atom. The molecule has 2 atom stereocenters. The van der Waals surface area contributed by atoms with Gasteiger partial charge in [0, 0.05) is 30.2 Å². The molecule has 3 aromatic carbocycles. The second kappa shape index (κ2) is 11.8. The summed E-state index contributed by atoms with van der Waals surface area (Å²) in [6.07, 6.45) is 2.63. The summed E-state index contributed by atoms with van der Waals surface area (Å²) >= 11 is 0. The number of para-hydroxylation sites is 1. The van der Waals surface area contributed by atoms with Crippen LogP contribution in [0.3, 0.4) is 0 Å². The largest absolute Gasteiger partial charge is 0.496 e. The highest BCUT2D eigenvalue weighted by molar-refractivity contribution is 7.61. The zero-order valence-electron chi connectivity index (χ0n) is 22.4. The molecule has 2 heterocycles. The predicted molar refractivity (Wildman–Crippen MR) is 154 cm³/mol. The number of anilines is 1. The molecule has 10 nitrogen and oxygen atoms in total. The Kier molecular flexibility index (Phi) is 7.97. The molecule has 210 valence electrons. The van der Waals surface area contributed by atoms with Crippen LogP contribution in [0.5, 0.6) is 5.75 Å². The van der Waals surface area contributed by atoms with E-state index in [1.165, 1.54) is 12.0 Å². The lowest BCUT2D eigenvalue weighted by molar-refractivity contribution is -0.141. The van der Waals surface area contributed by atoms with E-state index >= 15 is 0 Å². The van der Waals surface area contributed by atoms with Crippen molar-refractivity contribution < 1.29 is 22.7 Å². The van der Waals surface area contributed by atoms with Gasteiger partial charge in [-0.15, -0.1) is 4.36 Å². The van der Waals surface area contributed by atoms with Gasteiger partial charge in [0.2, 0.25) is 11.4 Å². The molecule has 1 aliphatic heterocycles. The number of hydrogen-bond donors (Lipinski definition) is 2. The number of nitrogen functional groups attached to an aromatic ring is 1. The minimum Gasteiger partial charge on any atom is -0.496 e. The van der Waals surface area contributed by atoms with Crippen molar-refractivity contribution in [2.45, 2.75) is 31.0 Å². The van der Waals surface area contributed by atoms with Crippen molar-refractivity contribution in [1.82, 2.24) is 15.2 Å². The summed E-state index contributed by atoms with van der Waals surface area (Å²) in [5, 5.41) is 4.67. The van der Waals surface area contributed by atoms with E-state index in [2.05, 4.69) is 14.7 Å². The van der Waals surface area contributed by atoms with Crippen LogP contribution in [0, 0.1) is 0 Å². The first-order valence-corrected chi connectivity index (χ1v) is 14.1. The number of pyridine rings is 1. The van der Waals surface area contributed by atoms with Gasteiger partial charge in [0.15, 0.2) is 0 Å². The van der Waals surface area contributed by atoms with Crippen LogP contribution in [-0.4, -0.2) is 49.8 Å². The van der Waals surface area contributed by atoms with Gasteiger partial charge in [0.05, 0.1) is 7.11 Å². The van der Waals surface area contributed by atoms with Gasteiger partial charge in [-0.25, -0.2) is 4.98 Å². The van der Waals surface area contributed by atoms with Crippen LogP contribution in [0.1, 0.15) is 29.5 Å². The quantitative estimate of drug-likeness (QED) is 0.330. The fraction of sp³-hybridized carbons (Fsp3) is 0.233. The predicted octanol–water partition coefficient (Wildman–Crippen LogP) is 3.44. The molecule has 0 radical (unpaired) electrons. The van der Waals surface area contributed by atoms with Crippen molar-refractivity contribution in [3.8, 4) is 5.75 Å². The second-order valence-electron chi connectivity index (χ2n) is 9.71. The third-order valence-electron chi connectivity index (χ3n) is 7.35. The number of carbonyl (C=O) groups excluding carboxylic acids is 2. The number of nitrogens with two attached hydrogens (primary N) is 1. The molecule has 0 unspecified atom stereocenters. The van der Waals surface area contributed by atoms with E-state index in [9.17, 15) is 18.0 Å². The number of carbonyl (C=O) groups is 2. The first-order chi connectivity index (χ1) is 19.8. The summed E-state index contributed by atoms with van der Waals surface area (Å²) in [7, 11) is -1.53. The first-order valence-electron chi connectivity index (χ1n) is 13.1. The molecule has 41 heavy (non-hydrogen) atoms. The van der Waals surface area contributed by atoms with E-state index in [1.807, 2.05) is 24.3 Å². The number of nitrogens with one attached hydrogen (secondary N) is 1. The highest BCUT2D eigenvalue weighted by Crippen LogP contribution is 2.42. The molecule has 3 N–H and O–H groups in total. The zero-order chi connectivity index (χ0) is 29.0. The van der Waals surface area contributed by atoms with Crippen LogP contribution in [0.25, 0.3) is 10.8 Å². The van der Waals surface area contributed by atoms with Crippen molar-refractivity contribution >= 4 is 38.9 Å². The number of amides is 2. The normalized spacial score (nSPS) is 16.1. The van der Waals surface area contributed by atoms with Crippen LogP contribution >= 0.6 is 0 Å². The molecular weight excluding hydrogens is 542 g/mol. The number of nitrogens with zero attached hydrogens (tertiary/aromatic N) is 3. The van der Waals surface area contributed by atoms with Crippen molar-refractivity contribution in [3.63, 3.8) is 0 Å². The van der Waals surface area contributed by atoms with Crippen LogP contribution in [0.2, 0.25) is 0 Å². The molecule has 1 aliphatic rings. The van der Waals surface area contributed by atoms with Gasteiger partial charge in [0.25, 0.3) is 5.91 Å². The molecular formula is C30H29N5O5S. The Hall–Kier alpha value is -4.77. The van der Waals surface area contributed by atoms with Crippen LogP contribution in [0.15, 0.2) is 89.4 Å². The number of ether oxygens (including phenoxy) is 1. The van der Waals surface area contributed by atoms with E-state index in [1.54, 1.807) is 60.8 Å². The molecule has 1 saturated heterocycles. The van der Waals surface area contributed by atoms with Gasteiger partial charge in [-0.3, -0.25) is 9.59 Å². The molecule has 0 saturated carbocycles. The minimum absolute atomic E-state index is 0.237. The van der Waals surface area contributed by atoms with Gasteiger partial charge < -0.3 is 20.7 Å². The van der Waals surface area contributed by atoms with Gasteiger partial charge in [-0.05, 0) is 47.6 Å². The fourth-order valence-electron chi connectivity index (χ4n) is 5.43. The lowest BCUT2D eigenvalue weighted by Crippen LogP contribution is -2.52. The molecule has 2 amide bonds. The molecule has 11 heteroatoms. The number of hydrogen-bond acceptors (Lipinski definition) is 8. The summed E-state index contributed by atoms with van der Waals surface area (Å²) in [5.41, 5.74) is 5.42. The molecule has 0 aliphatic carbocycles. The highest BCUT2D eigenvalue weighted by Gasteiger charge is 2.50. The topological polar surface area (TPSA) is 144 Å². The van der Waals surface area contributed by atoms with E-state index in [0.29, 0.717) is 30.0 Å². The maximum absolute atomic E-state index is 14.5. The lowest BCUT2D eigenvalue weighted by atomic mass is 9.81. The first kappa shape index (κ1) is 27.8. The summed E-state index contributed by atoms with van der Waals surface area (Å²) in [4.78, 5) is 33.6. The minimum atomic E-state index is -2.97. The highest BCUT2D eigenvalue weighted by atomic mass is 32.2. The number of benzene rings is 3. The maximum Gasteiger partial charge on any atom is 0.312 e. The average molecular weight is 572 g/mol. The van der Waals surface area contributed by atoms with Crippen LogP contribution < -0.4 is 15.8 Å². The van der Waals surface area contributed by atoms with E-state index in [4.69, 9.17) is 10.5 Å². The van der Waals surface area contributed by atoms with E-state index in [-0.39, 0.29) is 24.6 Å². The zero-order valence-corrected chi connectivity index (χ0v) is 23.2. The summed E-state index contributed by atoms with van der Waals surface area (Å²) in [5.74, 6) is -0.232. The Balaban J connectivity index is 1.49. The average Bonchev–Trinajstić information content (AvgIpc) is 3.49. The van der Waals surface area contributed by atoms with Crippen molar-refractivity contribution in [2.75, 3.05) is 19.4 Å². The third-order valence-corrected chi connectivity index (χ3v) is 7.77. The molecule has 5 rings (SSSR count). The van der Waals surface area contributed by atoms with Crippen molar-refractivity contribution in [2.24, 2.45) is 4.36 Å². The number of rotatable bonds is 8. The molecule has 1 fully saturated rings. The monoisotopic (exact) mass is 571 g/mol.